The SMILES string of the molecule is CCCCOc1cc(C(=O)Oc2ccc(NC=C3C(=O)C(=CNc4ccc(OC(=O)c5cc(OCCCC)c(OCCCC)c(OCCCC)c5)cc4)C(=O)C(=CNc4ccc(OC(=O)c5cc(OCCCC)c(OCCCC)c(OCCCC)c5)cc4)C3=O)cc2)cc(OCCCC)c1OCCCC. The number of unbranched alkanes of at least 4 members (excludes halogenated alkanes) is 9. The van der Waals surface area contributed by atoms with E-state index in [1.807, 2.05) is 0 Å². The molecule has 0 unspecified atom stereocenters. The standard InChI is InChI=1S/C84H105N3O18/c1-10-19-40-94-70-49-58(50-71(95-41-20-11-2)79(70)100-46-25-16-7)82(91)103-64-34-28-61(29-35-64)85-55-67-76(88)68(56-86-62-30-36-65(37-31-62)104-83(92)59-51-72(96-42-21-12-3)80(101-47-26-17-8)73(52-59)97-43-22-13-4)78(90)69(77(67)89)57-87-63-32-38-66(39-33-63)105-84(93)60-53-74(98-44-23-14-5)81(102-48-27-18-9)75(54-60)99-45-24-15-6/h28-39,49-57,85-87H,10-27,40-48H2,1-9H3. The van der Waals surface area contributed by atoms with Crippen LogP contribution in [-0.2, 0) is 14.4 Å². The van der Waals surface area contributed by atoms with Crippen molar-refractivity contribution in [2.24, 2.45) is 0 Å². The fraction of sp³-hybridized carbons (Fsp3) is 0.429. The Morgan fingerprint density at radius 1 is 0.276 bits per heavy atom. The number of nitrogens with one attached hydrogen (secondary N) is 3. The molecule has 6 aromatic carbocycles. The number of esters is 3. The quantitative estimate of drug-likeness (QED) is 0.0106. The molecular weight excluding hydrogens is 1340 g/mol. The highest BCUT2D eigenvalue weighted by atomic mass is 16.6. The summed E-state index contributed by atoms with van der Waals surface area (Å²) in [7, 11) is 0. The largest absolute Gasteiger partial charge is 0.490 e. The van der Waals surface area contributed by atoms with Crippen molar-refractivity contribution in [1.82, 2.24) is 0 Å². The molecule has 0 amide bonds. The molecular formula is C84H105N3O18. The zero-order chi connectivity index (χ0) is 75.1. The fourth-order valence-corrected chi connectivity index (χ4v) is 10.0. The van der Waals surface area contributed by atoms with Gasteiger partial charge in [0.2, 0.25) is 34.6 Å². The molecule has 0 aliphatic heterocycles. The lowest BCUT2D eigenvalue weighted by Gasteiger charge is -2.19. The first-order valence-corrected chi connectivity index (χ1v) is 37.4. The van der Waals surface area contributed by atoms with Gasteiger partial charge in [-0.05, 0) is 167 Å². The van der Waals surface area contributed by atoms with Gasteiger partial charge < -0.3 is 72.8 Å². The number of allylic oxidation sites excluding steroid dienone is 3. The van der Waals surface area contributed by atoms with Crippen LogP contribution in [0.15, 0.2) is 145 Å². The van der Waals surface area contributed by atoms with Crippen molar-refractivity contribution in [2.45, 2.75) is 178 Å². The smallest absolute Gasteiger partial charge is 0.343 e. The number of benzene rings is 6. The molecule has 1 fully saturated rings. The van der Waals surface area contributed by atoms with Crippen LogP contribution in [-0.4, -0.2) is 94.7 Å². The highest BCUT2D eigenvalue weighted by Gasteiger charge is 2.39. The molecule has 0 heterocycles. The van der Waals surface area contributed by atoms with Gasteiger partial charge in [0.25, 0.3) is 0 Å². The zero-order valence-corrected chi connectivity index (χ0v) is 62.6. The lowest BCUT2D eigenvalue weighted by atomic mass is 9.84. The van der Waals surface area contributed by atoms with Gasteiger partial charge in [-0.3, -0.25) is 14.4 Å². The molecule has 0 radical (unpaired) electrons. The molecule has 3 N–H and O–H groups in total. The van der Waals surface area contributed by atoms with Crippen LogP contribution in [0.4, 0.5) is 17.1 Å². The zero-order valence-electron chi connectivity index (χ0n) is 62.6. The van der Waals surface area contributed by atoms with Crippen LogP contribution in [0.25, 0.3) is 0 Å². The second kappa shape index (κ2) is 44.9. The van der Waals surface area contributed by atoms with E-state index in [1.165, 1.54) is 18.6 Å². The number of anilines is 3. The molecule has 0 aromatic heterocycles. The fourth-order valence-electron chi connectivity index (χ4n) is 10.0. The number of carbonyl (C=O) groups is 6. The van der Waals surface area contributed by atoms with Crippen molar-refractivity contribution in [3.05, 3.63) is 161 Å². The molecule has 1 saturated carbocycles. The highest BCUT2D eigenvalue weighted by Crippen LogP contribution is 2.43. The number of carbonyl (C=O) groups excluding carboxylic acids is 6. The second-order valence-electron chi connectivity index (χ2n) is 25.1. The first-order chi connectivity index (χ1) is 51.2. The van der Waals surface area contributed by atoms with E-state index >= 15 is 0 Å². The maximum atomic E-state index is 14.5. The Bertz CT molecular complexity index is 3360. The summed E-state index contributed by atoms with van der Waals surface area (Å²) in [6, 6.07) is 28.4. The van der Waals surface area contributed by atoms with Crippen molar-refractivity contribution in [3.8, 4) is 69.0 Å². The number of ether oxygens (including phenoxy) is 12. The van der Waals surface area contributed by atoms with Crippen LogP contribution in [0.2, 0.25) is 0 Å². The third-order valence-corrected chi connectivity index (χ3v) is 16.3. The average molecular weight is 1440 g/mol. The van der Waals surface area contributed by atoms with Crippen molar-refractivity contribution in [2.75, 3.05) is 75.4 Å². The summed E-state index contributed by atoms with van der Waals surface area (Å²) in [6.07, 6.45) is 19.0. The van der Waals surface area contributed by atoms with Gasteiger partial charge in [-0.2, -0.15) is 0 Å². The molecule has 21 heteroatoms. The van der Waals surface area contributed by atoms with E-state index in [-0.39, 0.29) is 50.7 Å². The van der Waals surface area contributed by atoms with Gasteiger partial charge in [-0.15, -0.1) is 0 Å². The lowest BCUT2D eigenvalue weighted by molar-refractivity contribution is -0.124. The molecule has 7 rings (SSSR count). The van der Waals surface area contributed by atoms with Crippen molar-refractivity contribution in [1.29, 1.82) is 0 Å². The summed E-state index contributed by atoms with van der Waals surface area (Å²) in [5, 5.41) is 9.03. The van der Waals surface area contributed by atoms with Crippen LogP contribution in [0.5, 0.6) is 69.0 Å². The number of hydrogen-bond donors (Lipinski definition) is 3. The third kappa shape index (κ3) is 25.4. The summed E-state index contributed by atoms with van der Waals surface area (Å²) in [6.45, 7) is 22.3. The van der Waals surface area contributed by atoms with Gasteiger partial charge in [0, 0.05) is 35.7 Å². The van der Waals surface area contributed by atoms with Crippen LogP contribution in [0.3, 0.4) is 0 Å². The third-order valence-electron chi connectivity index (χ3n) is 16.3. The maximum Gasteiger partial charge on any atom is 0.343 e. The van der Waals surface area contributed by atoms with Crippen LogP contribution in [0.1, 0.15) is 209 Å². The van der Waals surface area contributed by atoms with Crippen molar-refractivity contribution >= 4 is 52.3 Å². The molecule has 564 valence electrons. The van der Waals surface area contributed by atoms with Gasteiger partial charge in [-0.1, -0.05) is 120 Å². The normalized spacial score (nSPS) is 11.9. The van der Waals surface area contributed by atoms with E-state index < -0.39 is 35.3 Å². The second-order valence-corrected chi connectivity index (χ2v) is 25.1. The Kier molecular flexibility index (Phi) is 35.0. The summed E-state index contributed by atoms with van der Waals surface area (Å²) >= 11 is 0. The molecule has 0 saturated heterocycles. The average Bonchev–Trinajstić information content (AvgIpc) is 0.769. The first-order valence-electron chi connectivity index (χ1n) is 37.4. The molecule has 0 atom stereocenters. The number of rotatable bonds is 48. The summed E-state index contributed by atoms with van der Waals surface area (Å²) in [4.78, 5) is 85.2. The van der Waals surface area contributed by atoms with Gasteiger partial charge in [0.1, 0.15) is 17.2 Å². The number of hydrogen-bond acceptors (Lipinski definition) is 21. The summed E-state index contributed by atoms with van der Waals surface area (Å²) < 4.78 is 73.1. The Morgan fingerprint density at radius 2 is 0.457 bits per heavy atom. The minimum Gasteiger partial charge on any atom is -0.490 e. The molecule has 1 aliphatic carbocycles. The van der Waals surface area contributed by atoms with E-state index in [0.29, 0.717) is 128 Å². The molecule has 105 heavy (non-hydrogen) atoms. The van der Waals surface area contributed by atoms with E-state index in [2.05, 4.69) is 78.3 Å². The topological polar surface area (TPSA) is 249 Å². The maximum absolute atomic E-state index is 14.5. The minimum absolute atomic E-state index is 0.187. The Morgan fingerprint density at radius 3 is 0.638 bits per heavy atom. The monoisotopic (exact) mass is 1440 g/mol. The van der Waals surface area contributed by atoms with Gasteiger partial charge in [0.15, 0.2) is 34.5 Å². The van der Waals surface area contributed by atoms with Crippen LogP contribution in [0, 0.1) is 0 Å². The van der Waals surface area contributed by atoms with Crippen LogP contribution < -0.4 is 72.8 Å². The van der Waals surface area contributed by atoms with Gasteiger partial charge >= 0.3 is 17.9 Å². The minimum atomic E-state index is -0.891. The predicted octanol–water partition coefficient (Wildman–Crippen LogP) is 19.0. The molecule has 21 nitrogen and oxygen atoms in total. The first kappa shape index (κ1) is 81.9. The van der Waals surface area contributed by atoms with E-state index in [0.717, 1.165) is 116 Å². The predicted molar refractivity (Wildman–Crippen MR) is 407 cm³/mol. The summed E-state index contributed by atoms with van der Waals surface area (Å²) in [5.41, 5.74) is 0.586. The summed E-state index contributed by atoms with van der Waals surface area (Å²) in [5.74, 6) is -0.567. The van der Waals surface area contributed by atoms with E-state index in [1.54, 1.807) is 109 Å². The Labute approximate surface area is 618 Å². The number of Topliss-reactive ketones (excluding diaryl/α,β-unsaturated/α-hetero) is 3. The molecule has 0 bridgehead atoms. The van der Waals surface area contributed by atoms with Crippen molar-refractivity contribution in [3.63, 3.8) is 0 Å². The Hall–Kier alpha value is -10.4. The molecule has 6 aromatic rings. The van der Waals surface area contributed by atoms with E-state index in [4.69, 9.17) is 56.8 Å². The van der Waals surface area contributed by atoms with E-state index in [9.17, 15) is 28.8 Å². The number of ketones is 3. The van der Waals surface area contributed by atoms with Gasteiger partial charge in [-0.25, -0.2) is 14.4 Å². The van der Waals surface area contributed by atoms with Gasteiger partial charge in [0.05, 0.1) is 92.9 Å². The van der Waals surface area contributed by atoms with Crippen LogP contribution >= 0.6 is 0 Å². The molecule has 0 spiro atoms. The molecule has 1 aliphatic rings. The highest BCUT2D eigenvalue weighted by molar-refractivity contribution is 6.51. The Balaban J connectivity index is 1.14. The van der Waals surface area contributed by atoms with Crippen molar-refractivity contribution < 1.29 is 85.6 Å². The lowest BCUT2D eigenvalue weighted by Crippen LogP contribution is -2.33.